The molecule has 1 saturated heterocycles. The molecule has 1 aliphatic heterocycles. The number of hydrogen-bond donors (Lipinski definition) is 0. The molecule has 5 nitrogen and oxygen atoms in total. The average molecular weight is 277 g/mol. The van der Waals surface area contributed by atoms with E-state index in [4.69, 9.17) is 9.05 Å². The van der Waals surface area contributed by atoms with E-state index in [1.165, 1.54) is 0 Å². The monoisotopic (exact) mass is 277 g/mol. The van der Waals surface area contributed by atoms with Crippen molar-refractivity contribution in [2.45, 2.75) is 33.1 Å². The van der Waals surface area contributed by atoms with Gasteiger partial charge in [0.1, 0.15) is 5.78 Å². The quantitative estimate of drug-likeness (QED) is 0.637. The number of piperidine rings is 1. The normalized spacial score (nSPS) is 18.2. The molecule has 106 valence electrons. The van der Waals surface area contributed by atoms with Gasteiger partial charge in [-0.05, 0) is 26.8 Å². The lowest BCUT2D eigenvalue weighted by molar-refractivity contribution is -0.121. The van der Waals surface area contributed by atoms with Crippen molar-refractivity contribution in [3.8, 4) is 0 Å². The number of Topliss-reactive ketones (excluding diaryl/α,β-unsaturated/α-hetero) is 1. The number of hydrogen-bond acceptors (Lipinski definition) is 5. The van der Waals surface area contributed by atoms with E-state index in [2.05, 4.69) is 4.90 Å². The highest BCUT2D eigenvalue weighted by Crippen LogP contribution is 2.48. The maximum Gasteiger partial charge on any atom is 0.330 e. The molecule has 0 aromatic carbocycles. The first kappa shape index (κ1) is 15.8. The molecule has 0 aliphatic carbocycles. The third-order valence-corrected chi connectivity index (χ3v) is 5.14. The van der Waals surface area contributed by atoms with Crippen LogP contribution in [0.3, 0.4) is 0 Å². The second kappa shape index (κ2) is 8.05. The summed E-state index contributed by atoms with van der Waals surface area (Å²) in [6.07, 6.45) is 2.54. The Labute approximate surface area is 109 Å². The van der Waals surface area contributed by atoms with Crippen LogP contribution in [0.25, 0.3) is 0 Å². The van der Waals surface area contributed by atoms with Gasteiger partial charge in [0, 0.05) is 25.9 Å². The standard InChI is InChI=1S/C12H24NO4P/c1-3-16-18(15,17-4-2)11-5-8-13-9-6-12(14)7-10-13/h3-11H2,1-2H3. The summed E-state index contributed by atoms with van der Waals surface area (Å²) in [7, 11) is -2.89. The summed E-state index contributed by atoms with van der Waals surface area (Å²) in [5, 5.41) is 0. The number of carbonyl (C=O) groups is 1. The van der Waals surface area contributed by atoms with E-state index in [9.17, 15) is 9.36 Å². The molecule has 6 heteroatoms. The molecule has 0 aromatic rings. The fourth-order valence-electron chi connectivity index (χ4n) is 2.07. The highest BCUT2D eigenvalue weighted by Gasteiger charge is 2.23. The van der Waals surface area contributed by atoms with Crippen LogP contribution in [0.5, 0.6) is 0 Å². The first-order chi connectivity index (χ1) is 8.59. The molecule has 0 N–H and O–H groups in total. The van der Waals surface area contributed by atoms with Gasteiger partial charge in [-0.1, -0.05) is 0 Å². The van der Waals surface area contributed by atoms with Gasteiger partial charge in [-0.15, -0.1) is 0 Å². The van der Waals surface area contributed by atoms with E-state index in [1.807, 2.05) is 13.8 Å². The van der Waals surface area contributed by atoms with Gasteiger partial charge >= 0.3 is 7.60 Å². The SMILES string of the molecule is CCOP(=O)(CCCN1CCC(=O)CC1)OCC. The van der Waals surface area contributed by atoms with Gasteiger partial charge in [0.15, 0.2) is 0 Å². The van der Waals surface area contributed by atoms with E-state index >= 15 is 0 Å². The van der Waals surface area contributed by atoms with Gasteiger partial charge in [0.2, 0.25) is 0 Å². The predicted molar refractivity (Wildman–Crippen MR) is 71.0 cm³/mol. The molecule has 0 saturated carbocycles. The molecule has 0 bridgehead atoms. The van der Waals surface area contributed by atoms with Crippen LogP contribution in [-0.2, 0) is 18.4 Å². The van der Waals surface area contributed by atoms with E-state index < -0.39 is 7.60 Å². The molecule has 0 unspecified atom stereocenters. The largest absolute Gasteiger partial charge is 0.330 e. The van der Waals surface area contributed by atoms with Crippen molar-refractivity contribution >= 4 is 13.4 Å². The summed E-state index contributed by atoms with van der Waals surface area (Å²) in [6, 6.07) is 0. The number of rotatable bonds is 8. The Morgan fingerprint density at radius 1 is 1.17 bits per heavy atom. The molecule has 0 aromatic heterocycles. The summed E-state index contributed by atoms with van der Waals surface area (Å²) in [4.78, 5) is 13.3. The van der Waals surface area contributed by atoms with Crippen LogP contribution in [-0.4, -0.2) is 49.7 Å². The minimum Gasteiger partial charge on any atom is -0.309 e. The van der Waals surface area contributed by atoms with Crippen molar-refractivity contribution in [2.75, 3.05) is 39.0 Å². The van der Waals surface area contributed by atoms with Gasteiger partial charge in [-0.25, -0.2) is 0 Å². The fraction of sp³-hybridized carbons (Fsp3) is 0.917. The minimum atomic E-state index is -2.89. The zero-order valence-corrected chi connectivity index (χ0v) is 12.3. The molecule has 0 atom stereocenters. The molecule has 0 radical (unpaired) electrons. The predicted octanol–water partition coefficient (Wildman–Crippen LogP) is 2.31. The topological polar surface area (TPSA) is 55.8 Å². The summed E-state index contributed by atoms with van der Waals surface area (Å²) in [5.74, 6) is 0.348. The highest BCUT2D eigenvalue weighted by atomic mass is 31.2. The molecule has 0 amide bonds. The lowest BCUT2D eigenvalue weighted by Crippen LogP contribution is -2.34. The molecular formula is C12H24NO4P. The van der Waals surface area contributed by atoms with Crippen molar-refractivity contribution in [3.05, 3.63) is 0 Å². The molecule has 1 rings (SSSR count). The Kier molecular flexibility index (Phi) is 7.08. The molecule has 18 heavy (non-hydrogen) atoms. The first-order valence-corrected chi connectivity index (χ1v) is 8.44. The van der Waals surface area contributed by atoms with Crippen LogP contribution in [0, 0.1) is 0 Å². The van der Waals surface area contributed by atoms with E-state index in [-0.39, 0.29) is 0 Å². The Balaban J connectivity index is 2.26. The zero-order chi connectivity index (χ0) is 13.4. The average Bonchev–Trinajstić information content (AvgIpc) is 2.32. The maximum absolute atomic E-state index is 12.2. The van der Waals surface area contributed by atoms with Gasteiger partial charge in [0.25, 0.3) is 0 Å². The van der Waals surface area contributed by atoms with Crippen LogP contribution in [0.4, 0.5) is 0 Å². The lowest BCUT2D eigenvalue weighted by Gasteiger charge is -2.26. The highest BCUT2D eigenvalue weighted by molar-refractivity contribution is 7.53. The van der Waals surface area contributed by atoms with Crippen LogP contribution in [0.15, 0.2) is 0 Å². The smallest absolute Gasteiger partial charge is 0.309 e. The molecule has 0 spiro atoms. The molecule has 1 heterocycles. The molecular weight excluding hydrogens is 253 g/mol. The summed E-state index contributed by atoms with van der Waals surface area (Å²) >= 11 is 0. The van der Waals surface area contributed by atoms with Gasteiger partial charge in [0.05, 0.1) is 19.4 Å². The van der Waals surface area contributed by atoms with Crippen molar-refractivity contribution < 1.29 is 18.4 Å². The summed E-state index contributed by atoms with van der Waals surface area (Å²) < 4.78 is 22.7. The van der Waals surface area contributed by atoms with E-state index in [0.717, 1.165) is 26.1 Å². The number of likely N-dealkylation sites (tertiary alicyclic amines) is 1. The summed E-state index contributed by atoms with van der Waals surface area (Å²) in [5.41, 5.74) is 0. The number of nitrogens with zero attached hydrogens (tertiary/aromatic N) is 1. The first-order valence-electron chi connectivity index (χ1n) is 6.72. The van der Waals surface area contributed by atoms with Gasteiger partial charge < -0.3 is 13.9 Å². The third kappa shape index (κ3) is 5.61. The molecule has 1 aliphatic rings. The summed E-state index contributed by atoms with van der Waals surface area (Å²) in [6.45, 7) is 6.98. The van der Waals surface area contributed by atoms with Crippen LogP contribution < -0.4 is 0 Å². The number of carbonyl (C=O) groups excluding carboxylic acids is 1. The molecule has 1 fully saturated rings. The van der Waals surface area contributed by atoms with Crippen LogP contribution in [0.2, 0.25) is 0 Å². The Bertz CT molecular complexity index is 288. The van der Waals surface area contributed by atoms with Crippen LogP contribution >= 0.6 is 7.60 Å². The van der Waals surface area contributed by atoms with Crippen molar-refractivity contribution in [1.29, 1.82) is 0 Å². The second-order valence-electron chi connectivity index (χ2n) is 4.40. The minimum absolute atomic E-state index is 0.348. The van der Waals surface area contributed by atoms with Gasteiger partial charge in [-0.3, -0.25) is 9.36 Å². The Morgan fingerprint density at radius 2 is 1.72 bits per heavy atom. The second-order valence-corrected chi connectivity index (χ2v) is 6.59. The maximum atomic E-state index is 12.2. The van der Waals surface area contributed by atoms with Crippen molar-refractivity contribution in [1.82, 2.24) is 4.90 Å². The van der Waals surface area contributed by atoms with Crippen molar-refractivity contribution in [2.24, 2.45) is 0 Å². The van der Waals surface area contributed by atoms with Crippen molar-refractivity contribution in [3.63, 3.8) is 0 Å². The number of ketones is 1. The third-order valence-electron chi connectivity index (χ3n) is 2.97. The van der Waals surface area contributed by atoms with E-state index in [0.29, 0.717) is 38.0 Å². The Morgan fingerprint density at radius 3 is 2.22 bits per heavy atom. The lowest BCUT2D eigenvalue weighted by atomic mass is 10.1. The van der Waals surface area contributed by atoms with E-state index in [1.54, 1.807) is 0 Å². The van der Waals surface area contributed by atoms with Gasteiger partial charge in [-0.2, -0.15) is 0 Å². The van der Waals surface area contributed by atoms with Crippen LogP contribution in [0.1, 0.15) is 33.1 Å². The Hall–Kier alpha value is -0.220. The zero-order valence-electron chi connectivity index (χ0n) is 11.4. The fourth-order valence-corrected chi connectivity index (χ4v) is 3.72.